The molecule has 0 N–H and O–H groups in total. The van der Waals surface area contributed by atoms with E-state index in [0.717, 1.165) is 148 Å². The van der Waals surface area contributed by atoms with E-state index in [1.165, 1.54) is 56.2 Å². The number of halogens is 4. The normalized spacial score (nSPS) is 25.6. The Morgan fingerprint density at radius 3 is 1.40 bits per heavy atom. The number of aromatic nitrogens is 6. The molecular formula is C62H74Br2Cl2N10O2. The van der Waals surface area contributed by atoms with Crippen molar-refractivity contribution < 1.29 is 9.59 Å². The molecule has 412 valence electrons. The highest BCUT2D eigenvalue weighted by molar-refractivity contribution is 9.10. The maximum absolute atomic E-state index is 14.1. The van der Waals surface area contributed by atoms with Gasteiger partial charge in [0.1, 0.15) is 0 Å². The minimum Gasteiger partial charge on any atom is -0.341 e. The van der Waals surface area contributed by atoms with Crippen LogP contribution in [0.25, 0.3) is 0 Å². The molecule has 12 nitrogen and oxygen atoms in total. The Hall–Kier alpha value is -4.44. The van der Waals surface area contributed by atoms with Crippen LogP contribution in [0.15, 0.2) is 94.9 Å². The van der Waals surface area contributed by atoms with Gasteiger partial charge in [0.15, 0.2) is 0 Å². The molecule has 4 fully saturated rings. The van der Waals surface area contributed by atoms with Gasteiger partial charge in [0.25, 0.3) is 0 Å². The molecule has 2 amide bonds. The van der Waals surface area contributed by atoms with Gasteiger partial charge in [0.2, 0.25) is 11.8 Å². The number of hydrogen-bond acceptors (Lipinski definition) is 8. The van der Waals surface area contributed by atoms with E-state index in [1.807, 2.05) is 49.6 Å². The van der Waals surface area contributed by atoms with Gasteiger partial charge in [-0.05, 0) is 243 Å². The van der Waals surface area contributed by atoms with E-state index in [0.29, 0.717) is 35.5 Å². The number of rotatable bonds is 8. The predicted molar refractivity (Wildman–Crippen MR) is 316 cm³/mol. The summed E-state index contributed by atoms with van der Waals surface area (Å²) in [5.41, 5.74) is 12.6. The van der Waals surface area contributed by atoms with Crippen LogP contribution in [-0.4, -0.2) is 126 Å². The average molecular weight is 1220 g/mol. The quantitative estimate of drug-likeness (QED) is 0.148. The number of aryl methyl sites for hydroxylation is 6. The standard InChI is InChI=1S/2C31H37BrClN5O/c2*1-20-15-34-19-38(20)18-21-4-3-10-37(17-21)31(39)28-14-23(9-11-36(28)2)29-27-8-7-26(33)13-22(27)5-6-24-12-25(32)16-35-30(24)29/h2*7-8,12-13,15-16,19,21,23,28-29H,3-6,9-11,14,17-18H2,1-2H3/t21?,23?,28?,29-;/m0./s1. The van der Waals surface area contributed by atoms with Gasteiger partial charge in [0.05, 0.1) is 36.1 Å². The number of piperidine rings is 4. The zero-order valence-electron chi connectivity index (χ0n) is 45.6. The van der Waals surface area contributed by atoms with Gasteiger partial charge < -0.3 is 18.9 Å². The van der Waals surface area contributed by atoms with Crippen LogP contribution in [0.3, 0.4) is 0 Å². The summed E-state index contributed by atoms with van der Waals surface area (Å²) in [5.74, 6) is 2.55. The zero-order valence-corrected chi connectivity index (χ0v) is 50.3. The van der Waals surface area contributed by atoms with Crippen molar-refractivity contribution in [2.75, 3.05) is 53.4 Å². The Bertz CT molecular complexity index is 2820. The van der Waals surface area contributed by atoms with Crippen LogP contribution in [0.4, 0.5) is 0 Å². The van der Waals surface area contributed by atoms with Gasteiger partial charge in [-0.15, -0.1) is 0 Å². The largest absolute Gasteiger partial charge is 0.341 e. The molecule has 4 saturated heterocycles. The SMILES string of the molecule is Cc1cncn1CC1CCCN(C(=O)C2CC(C3c4ccc(Cl)cc4CCc4cc(Br)cnc43)CCN2C)C1.Cc1cncn1CC1CCCN(C(=O)C2CC([C@H]3c4ccc(Cl)cc4CCc4cc(Br)cnc43)CCN2C)C1. The molecule has 78 heavy (non-hydrogen) atoms. The molecule has 7 unspecified atom stereocenters. The van der Waals surface area contributed by atoms with Gasteiger partial charge >= 0.3 is 0 Å². The highest BCUT2D eigenvalue weighted by Crippen LogP contribution is 2.46. The number of carbonyl (C=O) groups is 2. The molecule has 6 aromatic rings. The van der Waals surface area contributed by atoms with Crippen molar-refractivity contribution >= 4 is 66.9 Å². The molecule has 12 rings (SSSR count). The molecular weight excluding hydrogens is 1150 g/mol. The third kappa shape index (κ3) is 12.1. The Morgan fingerprint density at radius 2 is 0.987 bits per heavy atom. The van der Waals surface area contributed by atoms with Crippen LogP contribution >= 0.6 is 55.1 Å². The maximum atomic E-state index is 14.1. The topological polar surface area (TPSA) is 109 Å². The molecule has 0 spiro atoms. The van der Waals surface area contributed by atoms with Crippen LogP contribution in [0, 0.1) is 37.5 Å². The number of imidazole rings is 2. The molecule has 4 aliphatic heterocycles. The number of fused-ring (bicyclic) bond motifs is 4. The third-order valence-electron chi connectivity index (χ3n) is 18.5. The van der Waals surface area contributed by atoms with Crippen molar-refractivity contribution in [2.45, 2.75) is 128 Å². The summed E-state index contributed by atoms with van der Waals surface area (Å²) >= 11 is 20.2. The van der Waals surface area contributed by atoms with Crippen LogP contribution < -0.4 is 0 Å². The number of likely N-dealkylation sites (tertiary alicyclic amines) is 4. The summed E-state index contributed by atoms with van der Waals surface area (Å²) in [6.45, 7) is 11.3. The first-order valence-corrected chi connectivity index (χ1v) is 30.9. The van der Waals surface area contributed by atoms with Gasteiger partial charge in [-0.2, -0.15) is 0 Å². The van der Waals surface area contributed by atoms with Crippen molar-refractivity contribution in [1.29, 1.82) is 0 Å². The second kappa shape index (κ2) is 24.3. The minimum atomic E-state index is -0.101. The van der Waals surface area contributed by atoms with Gasteiger partial charge in [-0.3, -0.25) is 29.4 Å². The first-order chi connectivity index (χ1) is 37.7. The lowest BCUT2D eigenvalue weighted by Gasteiger charge is -2.43. The Morgan fingerprint density at radius 1 is 0.564 bits per heavy atom. The monoisotopic (exact) mass is 1220 g/mol. The van der Waals surface area contributed by atoms with Crippen molar-refractivity contribution in [1.82, 2.24) is 48.7 Å². The van der Waals surface area contributed by atoms with Crippen LogP contribution in [0.1, 0.15) is 119 Å². The molecule has 4 aromatic heterocycles. The average Bonchev–Trinajstić information content (AvgIpc) is 4.09. The first kappa shape index (κ1) is 55.5. The predicted octanol–water partition coefficient (Wildman–Crippen LogP) is 11.8. The number of likely N-dealkylation sites (N-methyl/N-ethyl adjacent to an activating group) is 2. The second-order valence-corrected chi connectivity index (χ2v) is 26.3. The number of pyridine rings is 2. The van der Waals surface area contributed by atoms with Gasteiger partial charge in [0, 0.05) is 106 Å². The highest BCUT2D eigenvalue weighted by atomic mass is 79.9. The number of nitrogens with zero attached hydrogens (tertiary/aromatic N) is 10. The molecule has 16 heteroatoms. The van der Waals surface area contributed by atoms with Gasteiger partial charge in [-0.25, -0.2) is 9.97 Å². The molecule has 0 saturated carbocycles. The zero-order chi connectivity index (χ0) is 54.2. The van der Waals surface area contributed by atoms with Crippen LogP contribution in [-0.2, 0) is 48.4 Å². The summed E-state index contributed by atoms with van der Waals surface area (Å²) in [7, 11) is 4.25. The van der Waals surface area contributed by atoms with E-state index in [9.17, 15) is 9.59 Å². The Balaban J connectivity index is 0.000000165. The van der Waals surface area contributed by atoms with Crippen LogP contribution in [0.2, 0.25) is 10.0 Å². The van der Waals surface area contributed by atoms with Crippen molar-refractivity contribution in [3.8, 4) is 0 Å². The number of carbonyl (C=O) groups excluding carboxylic acids is 2. The van der Waals surface area contributed by atoms with E-state index in [1.54, 1.807) is 0 Å². The molecule has 8 heterocycles. The fourth-order valence-electron chi connectivity index (χ4n) is 14.3. The third-order valence-corrected chi connectivity index (χ3v) is 19.8. The lowest BCUT2D eigenvalue weighted by molar-refractivity contribution is -0.141. The smallest absolute Gasteiger partial charge is 0.239 e. The summed E-state index contributed by atoms with van der Waals surface area (Å²) in [6.07, 6.45) is 23.6. The van der Waals surface area contributed by atoms with E-state index in [2.05, 4.69) is 135 Å². The second-order valence-electron chi connectivity index (χ2n) is 23.6. The molecule has 8 atom stereocenters. The Labute approximate surface area is 488 Å². The van der Waals surface area contributed by atoms with Crippen molar-refractivity contribution in [3.05, 3.63) is 161 Å². The summed E-state index contributed by atoms with van der Waals surface area (Å²) in [5, 5.41) is 1.57. The number of hydrogen-bond donors (Lipinski definition) is 0. The Kier molecular flexibility index (Phi) is 17.3. The van der Waals surface area contributed by atoms with Gasteiger partial charge in [-0.1, -0.05) is 35.3 Å². The van der Waals surface area contributed by atoms with Crippen molar-refractivity contribution in [3.63, 3.8) is 0 Å². The molecule has 2 aliphatic carbocycles. The van der Waals surface area contributed by atoms with E-state index >= 15 is 0 Å². The molecule has 0 radical (unpaired) electrons. The highest BCUT2D eigenvalue weighted by Gasteiger charge is 2.43. The summed E-state index contributed by atoms with van der Waals surface area (Å²) in [6, 6.07) is 17.0. The summed E-state index contributed by atoms with van der Waals surface area (Å²) in [4.78, 5) is 55.6. The lowest BCUT2D eigenvalue weighted by atomic mass is 9.74. The van der Waals surface area contributed by atoms with E-state index in [4.69, 9.17) is 33.2 Å². The van der Waals surface area contributed by atoms with E-state index < -0.39 is 0 Å². The lowest BCUT2D eigenvalue weighted by Crippen LogP contribution is -2.54. The maximum Gasteiger partial charge on any atom is 0.239 e. The van der Waals surface area contributed by atoms with Crippen LogP contribution in [0.5, 0.6) is 0 Å². The minimum absolute atomic E-state index is 0.101. The van der Waals surface area contributed by atoms with E-state index in [-0.39, 0.29) is 23.9 Å². The fraction of sp³-hybridized carbons (Fsp3) is 0.516. The first-order valence-electron chi connectivity index (χ1n) is 28.5. The molecule has 0 bridgehead atoms. The molecule has 6 aliphatic rings. The molecule has 2 aromatic carbocycles. The summed E-state index contributed by atoms with van der Waals surface area (Å²) < 4.78 is 6.48. The fourth-order valence-corrected chi connectivity index (χ4v) is 15.4. The number of benzene rings is 2. The number of amides is 2. The van der Waals surface area contributed by atoms with Crippen molar-refractivity contribution in [2.24, 2.45) is 23.7 Å².